The maximum absolute atomic E-state index is 13.0. The van der Waals surface area contributed by atoms with Crippen LogP contribution in [0.4, 0.5) is 8.78 Å². The highest BCUT2D eigenvalue weighted by Crippen LogP contribution is 2.47. The molecule has 4 heteroatoms. The van der Waals surface area contributed by atoms with Gasteiger partial charge >= 0.3 is 0 Å². The van der Waals surface area contributed by atoms with Crippen molar-refractivity contribution in [1.29, 1.82) is 0 Å². The number of nitrogens with one attached hydrogen (secondary N) is 1. The maximum atomic E-state index is 13.0. The highest BCUT2D eigenvalue weighted by molar-refractivity contribution is 5.27. The summed E-state index contributed by atoms with van der Waals surface area (Å²) in [6.07, 6.45) is 1.00. The van der Waals surface area contributed by atoms with Gasteiger partial charge in [0.2, 0.25) is 0 Å². The molecule has 0 saturated heterocycles. The van der Waals surface area contributed by atoms with Gasteiger partial charge < -0.3 is 10.1 Å². The molecule has 0 aromatic heterocycles. The van der Waals surface area contributed by atoms with Crippen molar-refractivity contribution in [3.05, 3.63) is 35.4 Å². The third-order valence-corrected chi connectivity index (χ3v) is 3.13. The van der Waals surface area contributed by atoms with E-state index in [1.807, 2.05) is 0 Å². The Hall–Kier alpha value is -1.00. The van der Waals surface area contributed by atoms with E-state index in [4.69, 9.17) is 4.74 Å². The summed E-state index contributed by atoms with van der Waals surface area (Å²) in [4.78, 5) is 0. The van der Waals surface area contributed by atoms with Crippen LogP contribution < -0.4 is 5.32 Å². The van der Waals surface area contributed by atoms with E-state index in [2.05, 4.69) is 5.32 Å². The number of ether oxygens (including phenoxy) is 1. The Morgan fingerprint density at radius 2 is 2.00 bits per heavy atom. The molecule has 0 bridgehead atoms. The number of halogens is 2. The summed E-state index contributed by atoms with van der Waals surface area (Å²) in [6, 6.07) is 3.78. The fourth-order valence-corrected chi connectivity index (χ4v) is 2.13. The van der Waals surface area contributed by atoms with Crippen LogP contribution in [0.1, 0.15) is 17.9 Å². The predicted molar refractivity (Wildman–Crippen MR) is 62.0 cm³/mol. The minimum atomic E-state index is -0.488. The first-order valence-electron chi connectivity index (χ1n) is 5.86. The minimum absolute atomic E-state index is 0.301. The molecule has 2 nitrogen and oxygen atoms in total. The molecule has 0 spiro atoms. The zero-order valence-electron chi connectivity index (χ0n) is 9.88. The summed E-state index contributed by atoms with van der Waals surface area (Å²) in [5, 5.41) is 3.26. The molecule has 0 heterocycles. The second kappa shape index (κ2) is 5.56. The zero-order chi connectivity index (χ0) is 12.3. The highest BCUT2D eigenvalue weighted by atomic mass is 19.1. The van der Waals surface area contributed by atoms with Crippen molar-refractivity contribution >= 4 is 0 Å². The standard InChI is InChI=1S/C13H17F2NO/c1-17-3-2-16-8-10-6-13(10)9-4-11(14)7-12(15)5-9/h4-5,7,10,13,16H,2-3,6,8H2,1H3. The van der Waals surface area contributed by atoms with Gasteiger partial charge in [0.05, 0.1) is 6.61 Å². The van der Waals surface area contributed by atoms with Crippen LogP contribution in [0, 0.1) is 17.6 Å². The molecular formula is C13H17F2NO. The van der Waals surface area contributed by atoms with E-state index < -0.39 is 11.6 Å². The van der Waals surface area contributed by atoms with Gasteiger partial charge in [0.15, 0.2) is 0 Å². The van der Waals surface area contributed by atoms with Crippen molar-refractivity contribution in [2.45, 2.75) is 12.3 Å². The van der Waals surface area contributed by atoms with Gasteiger partial charge in [-0.05, 0) is 42.5 Å². The predicted octanol–water partition coefficient (Wildman–Crippen LogP) is 2.30. The molecule has 1 fully saturated rings. The molecule has 2 rings (SSSR count). The molecule has 94 valence electrons. The van der Waals surface area contributed by atoms with Crippen LogP contribution in [0.5, 0.6) is 0 Å². The zero-order valence-corrected chi connectivity index (χ0v) is 9.88. The van der Waals surface area contributed by atoms with Crippen LogP contribution in [0.25, 0.3) is 0 Å². The van der Waals surface area contributed by atoms with Crippen molar-refractivity contribution in [1.82, 2.24) is 5.32 Å². The Labute approximate surface area is 100.0 Å². The molecule has 0 radical (unpaired) electrons. The molecule has 1 N–H and O–H groups in total. The molecule has 0 aliphatic heterocycles. The Morgan fingerprint density at radius 3 is 2.65 bits per heavy atom. The topological polar surface area (TPSA) is 21.3 Å². The van der Waals surface area contributed by atoms with Crippen molar-refractivity contribution < 1.29 is 13.5 Å². The number of benzene rings is 1. The van der Waals surface area contributed by atoms with E-state index in [1.54, 1.807) is 7.11 Å². The molecular weight excluding hydrogens is 224 g/mol. The second-order valence-electron chi connectivity index (χ2n) is 4.50. The van der Waals surface area contributed by atoms with E-state index in [1.165, 1.54) is 12.1 Å². The number of methoxy groups -OCH3 is 1. The van der Waals surface area contributed by atoms with Gasteiger partial charge in [-0.15, -0.1) is 0 Å². The molecule has 1 aliphatic rings. The van der Waals surface area contributed by atoms with Crippen LogP contribution in [0.2, 0.25) is 0 Å². The van der Waals surface area contributed by atoms with Gasteiger partial charge in [-0.3, -0.25) is 0 Å². The minimum Gasteiger partial charge on any atom is -0.383 e. The van der Waals surface area contributed by atoms with Crippen LogP contribution in [0.3, 0.4) is 0 Å². The number of hydrogen-bond acceptors (Lipinski definition) is 2. The molecule has 0 amide bonds. The van der Waals surface area contributed by atoms with Gasteiger partial charge in [0.1, 0.15) is 11.6 Å². The van der Waals surface area contributed by atoms with Crippen molar-refractivity contribution in [3.63, 3.8) is 0 Å². The second-order valence-corrected chi connectivity index (χ2v) is 4.50. The van der Waals surface area contributed by atoms with Gasteiger partial charge in [0.25, 0.3) is 0 Å². The fourth-order valence-electron chi connectivity index (χ4n) is 2.13. The quantitative estimate of drug-likeness (QED) is 0.772. The summed E-state index contributed by atoms with van der Waals surface area (Å²) >= 11 is 0. The lowest BCUT2D eigenvalue weighted by Crippen LogP contribution is -2.21. The van der Waals surface area contributed by atoms with Crippen LogP contribution in [0.15, 0.2) is 18.2 Å². The monoisotopic (exact) mass is 241 g/mol. The number of rotatable bonds is 6. The first-order valence-corrected chi connectivity index (χ1v) is 5.86. The van der Waals surface area contributed by atoms with Crippen LogP contribution in [-0.2, 0) is 4.74 Å². The normalized spacial score (nSPS) is 22.8. The summed E-state index contributed by atoms with van der Waals surface area (Å²) in [5.74, 6) is -0.181. The third-order valence-electron chi connectivity index (χ3n) is 3.13. The maximum Gasteiger partial charge on any atom is 0.126 e. The van der Waals surface area contributed by atoms with E-state index in [-0.39, 0.29) is 0 Å². The largest absolute Gasteiger partial charge is 0.383 e. The fraction of sp³-hybridized carbons (Fsp3) is 0.538. The lowest BCUT2D eigenvalue weighted by Gasteiger charge is -2.04. The van der Waals surface area contributed by atoms with E-state index in [0.29, 0.717) is 18.4 Å². The van der Waals surface area contributed by atoms with Gasteiger partial charge in [-0.25, -0.2) is 8.78 Å². The van der Waals surface area contributed by atoms with E-state index in [9.17, 15) is 8.78 Å². The summed E-state index contributed by atoms with van der Waals surface area (Å²) in [5.41, 5.74) is 0.779. The van der Waals surface area contributed by atoms with Crippen molar-refractivity contribution in [2.24, 2.45) is 5.92 Å². The molecule has 1 aromatic carbocycles. The highest BCUT2D eigenvalue weighted by Gasteiger charge is 2.38. The summed E-state index contributed by atoms with van der Waals surface area (Å²) in [6.45, 7) is 2.38. The molecule has 1 aromatic rings. The van der Waals surface area contributed by atoms with Gasteiger partial charge in [-0.2, -0.15) is 0 Å². The molecule has 1 aliphatic carbocycles. The lowest BCUT2D eigenvalue weighted by molar-refractivity contribution is 0.199. The Kier molecular flexibility index (Phi) is 4.07. The first kappa shape index (κ1) is 12.5. The summed E-state index contributed by atoms with van der Waals surface area (Å²) in [7, 11) is 1.66. The van der Waals surface area contributed by atoms with Crippen molar-refractivity contribution in [3.8, 4) is 0 Å². The van der Waals surface area contributed by atoms with E-state index in [0.717, 1.165) is 31.1 Å². The van der Waals surface area contributed by atoms with Crippen LogP contribution >= 0.6 is 0 Å². The molecule has 1 saturated carbocycles. The molecule has 2 atom stereocenters. The third kappa shape index (κ3) is 3.48. The SMILES string of the molecule is COCCNCC1CC1c1cc(F)cc(F)c1. The Morgan fingerprint density at radius 1 is 1.29 bits per heavy atom. The van der Waals surface area contributed by atoms with Gasteiger partial charge in [0, 0.05) is 19.7 Å². The lowest BCUT2D eigenvalue weighted by atomic mass is 10.1. The average molecular weight is 241 g/mol. The van der Waals surface area contributed by atoms with Crippen LogP contribution in [-0.4, -0.2) is 26.8 Å². The summed E-state index contributed by atoms with van der Waals surface area (Å²) < 4.78 is 31.0. The Bertz CT molecular complexity index is 363. The van der Waals surface area contributed by atoms with Gasteiger partial charge in [-0.1, -0.05) is 0 Å². The first-order chi connectivity index (χ1) is 8.20. The van der Waals surface area contributed by atoms with Crippen molar-refractivity contribution in [2.75, 3.05) is 26.8 Å². The molecule has 2 unspecified atom stereocenters. The average Bonchev–Trinajstić information content (AvgIpc) is 3.02. The molecule has 17 heavy (non-hydrogen) atoms. The smallest absolute Gasteiger partial charge is 0.126 e. The number of hydrogen-bond donors (Lipinski definition) is 1. The Balaban J connectivity index is 1.81. The van der Waals surface area contributed by atoms with E-state index >= 15 is 0 Å².